The van der Waals surface area contributed by atoms with Gasteiger partial charge in [-0.25, -0.2) is 4.98 Å². The van der Waals surface area contributed by atoms with Crippen LogP contribution in [-0.4, -0.2) is 24.1 Å². The van der Waals surface area contributed by atoms with Gasteiger partial charge in [-0.05, 0) is 63.6 Å². The molecule has 0 atom stereocenters. The molecule has 2 aliphatic rings. The van der Waals surface area contributed by atoms with E-state index in [1.165, 1.54) is 57.7 Å². The molecular weight excluding hydrogens is 342 g/mol. The zero-order valence-corrected chi connectivity index (χ0v) is 18.3. The fourth-order valence-corrected chi connectivity index (χ4v) is 5.31. The fraction of sp³-hybridized carbons (Fsp3) is 0.480. The highest BCUT2D eigenvalue weighted by Crippen LogP contribution is 2.45. The lowest BCUT2D eigenvalue weighted by molar-refractivity contribution is 0.571. The van der Waals surface area contributed by atoms with Gasteiger partial charge in [-0.15, -0.1) is 0 Å². The number of benzene rings is 1. The normalized spacial score (nSPS) is 15.4. The molecule has 2 aromatic rings. The highest BCUT2D eigenvalue weighted by Gasteiger charge is 2.32. The van der Waals surface area contributed by atoms with E-state index in [4.69, 9.17) is 4.98 Å². The van der Waals surface area contributed by atoms with Gasteiger partial charge in [-0.2, -0.15) is 0 Å². The van der Waals surface area contributed by atoms with Gasteiger partial charge in [0.25, 0.3) is 0 Å². The van der Waals surface area contributed by atoms with Gasteiger partial charge in [0.2, 0.25) is 0 Å². The molecule has 3 heterocycles. The summed E-state index contributed by atoms with van der Waals surface area (Å²) in [6.45, 7) is 15.5. The van der Waals surface area contributed by atoms with E-state index in [0.29, 0.717) is 6.04 Å². The predicted octanol–water partition coefficient (Wildman–Crippen LogP) is 6.03. The Hall–Kier alpha value is -2.29. The van der Waals surface area contributed by atoms with Crippen molar-refractivity contribution >= 4 is 23.3 Å². The van der Waals surface area contributed by atoms with Gasteiger partial charge in [0.15, 0.2) is 0 Å². The third-order valence-corrected chi connectivity index (χ3v) is 6.50. The predicted molar refractivity (Wildman–Crippen MR) is 121 cm³/mol. The molecule has 0 radical (unpaired) electrons. The first-order valence-electron chi connectivity index (χ1n) is 10.8. The minimum atomic E-state index is 0.610. The maximum absolute atomic E-state index is 5.14. The van der Waals surface area contributed by atoms with Crippen molar-refractivity contribution in [3.8, 4) is 0 Å². The van der Waals surface area contributed by atoms with Crippen molar-refractivity contribution in [1.82, 2.24) is 4.98 Å². The van der Waals surface area contributed by atoms with Crippen LogP contribution in [0.5, 0.6) is 0 Å². The molecule has 0 unspecified atom stereocenters. The van der Waals surface area contributed by atoms with E-state index in [1.54, 1.807) is 0 Å². The van der Waals surface area contributed by atoms with Crippen LogP contribution < -0.4 is 9.80 Å². The van der Waals surface area contributed by atoms with Crippen LogP contribution in [-0.2, 0) is 6.42 Å². The van der Waals surface area contributed by atoms with Crippen LogP contribution in [0, 0.1) is 27.7 Å². The summed E-state index contributed by atoms with van der Waals surface area (Å²) in [5.74, 6) is 1.13. The highest BCUT2D eigenvalue weighted by molar-refractivity contribution is 5.87. The van der Waals surface area contributed by atoms with Gasteiger partial charge < -0.3 is 9.80 Å². The Morgan fingerprint density at radius 2 is 1.68 bits per heavy atom. The van der Waals surface area contributed by atoms with Crippen LogP contribution >= 0.6 is 0 Å². The van der Waals surface area contributed by atoms with Crippen molar-refractivity contribution in [3.05, 3.63) is 51.7 Å². The van der Waals surface area contributed by atoms with Crippen LogP contribution in [0.2, 0.25) is 0 Å². The first-order valence-corrected chi connectivity index (χ1v) is 10.8. The minimum absolute atomic E-state index is 0.610. The zero-order chi connectivity index (χ0) is 20.0. The third-order valence-electron chi connectivity index (χ3n) is 6.50. The molecule has 0 bridgehead atoms. The van der Waals surface area contributed by atoms with Gasteiger partial charge in [0.05, 0.1) is 5.69 Å². The first-order chi connectivity index (χ1) is 13.5. The number of aryl methyl sites for hydroxylation is 4. The second kappa shape index (κ2) is 7.27. The van der Waals surface area contributed by atoms with Gasteiger partial charge in [0, 0.05) is 36.1 Å². The number of pyridine rings is 1. The molecule has 4 rings (SSSR count). The summed E-state index contributed by atoms with van der Waals surface area (Å²) in [7, 11) is 0. The van der Waals surface area contributed by atoms with Gasteiger partial charge >= 0.3 is 0 Å². The summed E-state index contributed by atoms with van der Waals surface area (Å²) in [5, 5.41) is 0. The van der Waals surface area contributed by atoms with E-state index in [1.807, 2.05) is 0 Å². The Bertz CT molecular complexity index is 914. The smallest absolute Gasteiger partial charge is 0.142 e. The molecule has 1 aromatic carbocycles. The van der Waals surface area contributed by atoms with E-state index in [-0.39, 0.29) is 0 Å². The molecule has 28 heavy (non-hydrogen) atoms. The van der Waals surface area contributed by atoms with E-state index >= 15 is 0 Å². The average Bonchev–Trinajstić information content (AvgIpc) is 3.09. The molecule has 3 nitrogen and oxygen atoms in total. The van der Waals surface area contributed by atoms with E-state index in [9.17, 15) is 0 Å². The maximum Gasteiger partial charge on any atom is 0.142 e. The maximum atomic E-state index is 5.14. The summed E-state index contributed by atoms with van der Waals surface area (Å²) >= 11 is 0. The number of aromatic nitrogens is 1. The Kier molecular flexibility index (Phi) is 4.95. The molecule has 0 amide bonds. The zero-order valence-electron chi connectivity index (χ0n) is 18.3. The Morgan fingerprint density at radius 3 is 2.32 bits per heavy atom. The summed E-state index contributed by atoms with van der Waals surface area (Å²) < 4.78 is 0. The van der Waals surface area contributed by atoms with Crippen LogP contribution in [0.15, 0.2) is 18.2 Å². The number of rotatable bonds is 4. The average molecular weight is 376 g/mol. The lowest BCUT2D eigenvalue weighted by atomic mass is 9.99. The SMILES string of the molecule is CCC(CC)N1CCc2c(C)nc3c(c21)C=CCN3c1c(C)cc(C)cc1C. The third kappa shape index (κ3) is 2.92. The summed E-state index contributed by atoms with van der Waals surface area (Å²) in [6, 6.07) is 5.19. The second-order valence-electron chi connectivity index (χ2n) is 8.44. The lowest BCUT2D eigenvalue weighted by Crippen LogP contribution is -2.34. The van der Waals surface area contributed by atoms with Crippen molar-refractivity contribution in [2.24, 2.45) is 0 Å². The number of anilines is 3. The van der Waals surface area contributed by atoms with Crippen molar-refractivity contribution in [2.75, 3.05) is 22.9 Å². The van der Waals surface area contributed by atoms with Crippen LogP contribution in [0.1, 0.15) is 60.2 Å². The topological polar surface area (TPSA) is 19.4 Å². The quantitative estimate of drug-likeness (QED) is 0.650. The molecule has 3 heteroatoms. The Labute approximate surface area is 170 Å². The molecule has 2 aliphatic heterocycles. The number of hydrogen-bond acceptors (Lipinski definition) is 3. The van der Waals surface area contributed by atoms with Crippen molar-refractivity contribution in [2.45, 2.75) is 66.8 Å². The molecule has 0 N–H and O–H groups in total. The summed E-state index contributed by atoms with van der Waals surface area (Å²) in [5.41, 5.74) is 10.7. The molecule has 0 spiro atoms. The van der Waals surface area contributed by atoms with Crippen LogP contribution in [0.25, 0.3) is 6.08 Å². The van der Waals surface area contributed by atoms with E-state index in [2.05, 4.69) is 75.6 Å². The van der Waals surface area contributed by atoms with Crippen LogP contribution in [0.3, 0.4) is 0 Å². The number of fused-ring (bicyclic) bond motifs is 3. The number of hydrogen-bond donors (Lipinski definition) is 0. The van der Waals surface area contributed by atoms with Gasteiger partial charge in [-0.1, -0.05) is 43.7 Å². The summed E-state index contributed by atoms with van der Waals surface area (Å²) in [6.07, 6.45) is 8.12. The van der Waals surface area contributed by atoms with Crippen LogP contribution in [0.4, 0.5) is 17.2 Å². The first kappa shape index (κ1) is 19.0. The number of nitrogens with zero attached hydrogens (tertiary/aromatic N) is 3. The minimum Gasteiger partial charge on any atom is -0.367 e. The Balaban J connectivity index is 1.90. The van der Waals surface area contributed by atoms with Gasteiger partial charge in [-0.3, -0.25) is 0 Å². The molecule has 0 saturated heterocycles. The highest BCUT2D eigenvalue weighted by atomic mass is 15.2. The fourth-order valence-electron chi connectivity index (χ4n) is 5.31. The largest absolute Gasteiger partial charge is 0.367 e. The molecule has 0 saturated carbocycles. The summed E-state index contributed by atoms with van der Waals surface area (Å²) in [4.78, 5) is 10.2. The molecule has 0 fully saturated rings. The monoisotopic (exact) mass is 375 g/mol. The Morgan fingerprint density at radius 1 is 1.00 bits per heavy atom. The molecule has 1 aromatic heterocycles. The lowest BCUT2D eigenvalue weighted by Gasteiger charge is -2.35. The molecular formula is C25H33N3. The van der Waals surface area contributed by atoms with E-state index < -0.39 is 0 Å². The van der Waals surface area contributed by atoms with Gasteiger partial charge in [0.1, 0.15) is 5.82 Å². The van der Waals surface area contributed by atoms with Crippen molar-refractivity contribution in [3.63, 3.8) is 0 Å². The van der Waals surface area contributed by atoms with Crippen molar-refractivity contribution in [1.29, 1.82) is 0 Å². The van der Waals surface area contributed by atoms with E-state index in [0.717, 1.165) is 25.3 Å². The van der Waals surface area contributed by atoms with Crippen molar-refractivity contribution < 1.29 is 0 Å². The second-order valence-corrected chi connectivity index (χ2v) is 8.44. The molecule has 148 valence electrons. The molecule has 0 aliphatic carbocycles. The standard InChI is InChI=1S/C25H33N3/c1-7-20(8-2)27-13-11-21-19(6)26-25-22(24(21)27)10-9-12-28(25)23-17(4)14-16(3)15-18(23)5/h9-10,14-15,20H,7-8,11-13H2,1-6H3.